The SMILES string of the molecule is [CH2]CC(Cl)N=C=O. The molecule has 1 radical (unpaired) electrons. The standard InChI is InChI=1S/C4H5ClNO/c1-2-4(5)6-3-7/h4H,1-2H2. The number of aliphatic imine (C=N–C) groups is 1. The molecule has 0 aliphatic rings. The van der Waals surface area contributed by atoms with Gasteiger partial charge in [-0.1, -0.05) is 11.6 Å². The number of hydrogen-bond donors (Lipinski definition) is 0. The van der Waals surface area contributed by atoms with Crippen LogP contribution in [0.3, 0.4) is 0 Å². The van der Waals surface area contributed by atoms with E-state index in [0.717, 1.165) is 0 Å². The Balaban J connectivity index is 3.35. The Morgan fingerprint density at radius 1 is 2.00 bits per heavy atom. The molecule has 0 N–H and O–H groups in total. The van der Waals surface area contributed by atoms with E-state index >= 15 is 0 Å². The minimum atomic E-state index is -0.488. The molecule has 3 heteroatoms. The average molecular weight is 119 g/mol. The highest BCUT2D eigenvalue weighted by atomic mass is 35.5. The molecule has 0 aromatic heterocycles. The van der Waals surface area contributed by atoms with Crippen LogP contribution in [0.1, 0.15) is 6.42 Å². The Morgan fingerprint density at radius 2 is 2.57 bits per heavy atom. The van der Waals surface area contributed by atoms with Crippen LogP contribution < -0.4 is 0 Å². The molecule has 39 valence electrons. The Bertz CT molecular complexity index is 87.7. The number of alkyl halides is 1. The summed E-state index contributed by atoms with van der Waals surface area (Å²) in [6.07, 6.45) is 1.75. The summed E-state index contributed by atoms with van der Waals surface area (Å²) in [5.74, 6) is 0. The molecular formula is C4H5ClNO. The Kier molecular flexibility index (Phi) is 3.67. The van der Waals surface area contributed by atoms with Gasteiger partial charge in [0, 0.05) is 0 Å². The summed E-state index contributed by atoms with van der Waals surface area (Å²) >= 11 is 5.27. The van der Waals surface area contributed by atoms with Crippen LogP contribution in [0.5, 0.6) is 0 Å². The lowest BCUT2D eigenvalue weighted by atomic mass is 10.5. The summed E-state index contributed by atoms with van der Waals surface area (Å²) in [7, 11) is 0. The van der Waals surface area contributed by atoms with Crippen molar-refractivity contribution in [2.45, 2.75) is 11.9 Å². The zero-order valence-corrected chi connectivity index (χ0v) is 4.48. The lowest BCUT2D eigenvalue weighted by Gasteiger charge is -1.88. The molecule has 0 rings (SSSR count). The van der Waals surface area contributed by atoms with Crippen LogP contribution in [0.15, 0.2) is 4.99 Å². The largest absolute Gasteiger partial charge is 0.236 e. The van der Waals surface area contributed by atoms with E-state index in [0.29, 0.717) is 6.42 Å². The van der Waals surface area contributed by atoms with E-state index in [2.05, 4.69) is 11.9 Å². The van der Waals surface area contributed by atoms with Crippen LogP contribution in [-0.4, -0.2) is 11.6 Å². The molecule has 1 unspecified atom stereocenters. The van der Waals surface area contributed by atoms with Gasteiger partial charge in [-0.2, -0.15) is 4.99 Å². The van der Waals surface area contributed by atoms with Crippen LogP contribution in [0, 0.1) is 6.92 Å². The number of rotatable bonds is 2. The molecule has 0 aliphatic heterocycles. The van der Waals surface area contributed by atoms with Gasteiger partial charge in [0.1, 0.15) is 5.50 Å². The van der Waals surface area contributed by atoms with Crippen molar-refractivity contribution in [3.05, 3.63) is 6.92 Å². The molecule has 0 aromatic rings. The third kappa shape index (κ3) is 3.50. The molecule has 0 spiro atoms. The third-order valence-corrected chi connectivity index (χ3v) is 0.747. The van der Waals surface area contributed by atoms with Crippen molar-refractivity contribution in [1.29, 1.82) is 0 Å². The van der Waals surface area contributed by atoms with Gasteiger partial charge in [0.15, 0.2) is 0 Å². The molecule has 0 fully saturated rings. The smallest absolute Gasteiger partial charge is 0.211 e. The molecule has 0 heterocycles. The fourth-order valence-electron chi connectivity index (χ4n) is 0.122. The molecule has 0 amide bonds. The van der Waals surface area contributed by atoms with Gasteiger partial charge in [-0.25, -0.2) is 4.79 Å². The van der Waals surface area contributed by atoms with Crippen molar-refractivity contribution < 1.29 is 4.79 Å². The molecule has 0 bridgehead atoms. The van der Waals surface area contributed by atoms with Gasteiger partial charge < -0.3 is 0 Å². The normalized spacial score (nSPS) is 12.3. The molecule has 0 saturated heterocycles. The van der Waals surface area contributed by atoms with Crippen LogP contribution >= 0.6 is 11.6 Å². The Morgan fingerprint density at radius 3 is 2.71 bits per heavy atom. The number of isocyanates is 1. The van der Waals surface area contributed by atoms with Crippen LogP contribution in [-0.2, 0) is 4.79 Å². The summed E-state index contributed by atoms with van der Waals surface area (Å²) < 4.78 is 0. The lowest BCUT2D eigenvalue weighted by molar-refractivity contribution is 0.562. The summed E-state index contributed by atoms with van der Waals surface area (Å²) in [4.78, 5) is 12.5. The van der Waals surface area contributed by atoms with E-state index < -0.39 is 5.50 Å². The van der Waals surface area contributed by atoms with Gasteiger partial charge in [0.2, 0.25) is 6.08 Å². The Hall–Kier alpha value is -0.330. The molecule has 0 aliphatic carbocycles. The van der Waals surface area contributed by atoms with E-state index in [9.17, 15) is 4.79 Å². The van der Waals surface area contributed by atoms with Crippen molar-refractivity contribution in [1.82, 2.24) is 0 Å². The highest BCUT2D eigenvalue weighted by Gasteiger charge is 1.91. The molecule has 0 saturated carbocycles. The average Bonchev–Trinajstić information content (AvgIpc) is 1.68. The van der Waals surface area contributed by atoms with E-state index in [1.54, 1.807) is 0 Å². The summed E-state index contributed by atoms with van der Waals surface area (Å²) in [6, 6.07) is 0. The second-order valence-electron chi connectivity index (χ2n) is 0.944. The van der Waals surface area contributed by atoms with E-state index in [-0.39, 0.29) is 0 Å². The maximum atomic E-state index is 9.37. The summed E-state index contributed by atoms with van der Waals surface area (Å²) in [5, 5.41) is 0. The van der Waals surface area contributed by atoms with Gasteiger partial charge in [0.25, 0.3) is 0 Å². The number of nitrogens with zero attached hydrogens (tertiary/aromatic N) is 1. The topological polar surface area (TPSA) is 29.4 Å². The third-order valence-electron chi connectivity index (χ3n) is 0.431. The number of halogens is 1. The fraction of sp³-hybridized carbons (Fsp3) is 0.500. The summed E-state index contributed by atoms with van der Waals surface area (Å²) in [5.41, 5.74) is -0.488. The quantitative estimate of drug-likeness (QED) is 0.231. The van der Waals surface area contributed by atoms with Gasteiger partial charge in [-0.15, -0.1) is 0 Å². The first-order valence-corrected chi connectivity index (χ1v) is 2.25. The highest BCUT2D eigenvalue weighted by Crippen LogP contribution is 1.98. The van der Waals surface area contributed by atoms with Crippen LogP contribution in [0.2, 0.25) is 0 Å². The fourth-order valence-corrected chi connectivity index (χ4v) is 0.162. The minimum absolute atomic E-state index is 0.427. The van der Waals surface area contributed by atoms with Gasteiger partial charge >= 0.3 is 0 Å². The lowest BCUT2D eigenvalue weighted by Crippen LogP contribution is -1.86. The van der Waals surface area contributed by atoms with Crippen LogP contribution in [0.25, 0.3) is 0 Å². The zero-order chi connectivity index (χ0) is 5.70. The predicted octanol–water partition coefficient (Wildman–Crippen LogP) is 1.11. The summed E-state index contributed by atoms with van der Waals surface area (Å²) in [6.45, 7) is 3.40. The van der Waals surface area contributed by atoms with Crippen molar-refractivity contribution in [3.63, 3.8) is 0 Å². The first-order valence-electron chi connectivity index (χ1n) is 1.81. The van der Waals surface area contributed by atoms with Crippen molar-refractivity contribution in [2.24, 2.45) is 4.99 Å². The van der Waals surface area contributed by atoms with Crippen molar-refractivity contribution in [2.75, 3.05) is 0 Å². The molecular weight excluding hydrogens is 114 g/mol. The van der Waals surface area contributed by atoms with E-state index in [1.807, 2.05) is 0 Å². The van der Waals surface area contributed by atoms with E-state index in [1.165, 1.54) is 6.08 Å². The van der Waals surface area contributed by atoms with Crippen molar-refractivity contribution >= 4 is 17.7 Å². The van der Waals surface area contributed by atoms with Gasteiger partial charge in [-0.3, -0.25) is 0 Å². The Labute approximate surface area is 47.2 Å². The molecule has 7 heavy (non-hydrogen) atoms. The second-order valence-corrected chi connectivity index (χ2v) is 1.45. The van der Waals surface area contributed by atoms with E-state index in [4.69, 9.17) is 11.6 Å². The number of carbonyl (C=O) groups excluding carboxylic acids is 1. The predicted molar refractivity (Wildman–Crippen MR) is 27.7 cm³/mol. The van der Waals surface area contributed by atoms with Crippen LogP contribution in [0.4, 0.5) is 0 Å². The minimum Gasteiger partial charge on any atom is -0.211 e. The van der Waals surface area contributed by atoms with Gasteiger partial charge in [0.05, 0.1) is 0 Å². The number of hydrogen-bond acceptors (Lipinski definition) is 2. The van der Waals surface area contributed by atoms with Crippen molar-refractivity contribution in [3.8, 4) is 0 Å². The molecule has 1 atom stereocenters. The first kappa shape index (κ1) is 6.67. The van der Waals surface area contributed by atoms with Gasteiger partial charge in [-0.05, 0) is 13.3 Å². The first-order chi connectivity index (χ1) is 3.31. The monoisotopic (exact) mass is 118 g/mol. The molecule has 2 nitrogen and oxygen atoms in total. The maximum absolute atomic E-state index is 9.37. The molecule has 0 aromatic carbocycles. The zero-order valence-electron chi connectivity index (χ0n) is 3.72. The highest BCUT2D eigenvalue weighted by molar-refractivity contribution is 6.20. The maximum Gasteiger partial charge on any atom is 0.236 e. The second kappa shape index (κ2) is 3.85.